The molecule has 0 radical (unpaired) electrons. The van der Waals surface area contributed by atoms with Crippen LogP contribution in [0.1, 0.15) is 12.5 Å². The number of aromatic nitrogens is 8. The number of nitrogens with two attached hydrogens (primary N) is 2. The number of ether oxygens (including phenoxy) is 2. The summed E-state index contributed by atoms with van der Waals surface area (Å²) in [6.45, 7) is -2.07. The van der Waals surface area contributed by atoms with E-state index in [1.807, 2.05) is 0 Å². The molecule has 0 bridgehead atoms. The smallest absolute Gasteiger partial charge is 0.472 e. The molecule has 7 heterocycles. The zero-order chi connectivity index (χ0) is 32.7. The summed E-state index contributed by atoms with van der Waals surface area (Å²) in [5, 5.41) is 0. The number of halogens is 2. The standard InChI is InChI=1S/C20H22F2N10O12P2/c21-7-11-5(41-17(7)31-3-25-9-13(31)27-19(23)29-15(9)33)1-39-45(35,36)44-12-6(2-40-46(37,38)43-11)42-18(8(12)22)32-4-26-10-14(32)28-20(24)30-16(10)34/h3-8,11-12,17-18H,1-2H2,(H,35,36)(H,37,38)(H3,23,27,29,33)(H3,24,28,30,34)/p-1/t5-,6-,7+,8?,11?,12+,17-,18-/m1/s1. The molecule has 3 fully saturated rings. The van der Waals surface area contributed by atoms with Crippen molar-refractivity contribution in [1.29, 1.82) is 0 Å². The Bertz CT molecular complexity index is 1910. The molecule has 10 atom stereocenters. The van der Waals surface area contributed by atoms with Gasteiger partial charge in [-0.3, -0.25) is 42.3 Å². The maximum Gasteiger partial charge on any atom is 0.472 e. The van der Waals surface area contributed by atoms with E-state index in [0.717, 1.165) is 21.8 Å². The Balaban J connectivity index is 1.18. The predicted molar refractivity (Wildman–Crippen MR) is 142 cm³/mol. The number of hydrogen-bond acceptors (Lipinski definition) is 17. The van der Waals surface area contributed by atoms with Gasteiger partial charge in [-0.2, -0.15) is 9.97 Å². The second-order valence-electron chi connectivity index (χ2n) is 10.2. The highest BCUT2D eigenvalue weighted by Gasteiger charge is 2.54. The van der Waals surface area contributed by atoms with Crippen LogP contribution >= 0.6 is 15.6 Å². The van der Waals surface area contributed by atoms with Crippen LogP contribution in [0, 0.1) is 0 Å². The van der Waals surface area contributed by atoms with Crippen LogP contribution in [0.25, 0.3) is 22.3 Å². The van der Waals surface area contributed by atoms with E-state index in [1.54, 1.807) is 0 Å². The van der Waals surface area contributed by atoms with Crippen LogP contribution < -0.4 is 27.5 Å². The number of rotatable bonds is 2. The van der Waals surface area contributed by atoms with Crippen LogP contribution in [0.5, 0.6) is 0 Å². The number of aromatic amines is 2. The molecule has 0 aliphatic carbocycles. The fraction of sp³-hybridized carbons (Fsp3) is 0.500. The largest absolute Gasteiger partial charge is 0.756 e. The van der Waals surface area contributed by atoms with Crippen molar-refractivity contribution < 1.29 is 55.3 Å². The average Bonchev–Trinajstić information content (AvgIpc) is 3.72. The Labute approximate surface area is 251 Å². The van der Waals surface area contributed by atoms with Crippen molar-refractivity contribution in [3.63, 3.8) is 0 Å². The molecule has 3 saturated heterocycles. The first-order valence-corrected chi connectivity index (χ1v) is 16.0. The first kappa shape index (κ1) is 30.9. The molecule has 4 aromatic heterocycles. The highest BCUT2D eigenvalue weighted by atomic mass is 31.2. The molecule has 4 aromatic rings. The summed E-state index contributed by atoms with van der Waals surface area (Å²) in [5.41, 5.74) is 8.69. The molecule has 26 heteroatoms. The molecule has 22 nitrogen and oxygen atoms in total. The van der Waals surface area contributed by atoms with Gasteiger partial charge in [0.2, 0.25) is 11.9 Å². The lowest BCUT2D eigenvalue weighted by molar-refractivity contribution is -0.235. The number of H-pyrrole nitrogens is 2. The minimum Gasteiger partial charge on any atom is -0.756 e. The van der Waals surface area contributed by atoms with Crippen molar-refractivity contribution in [3.8, 4) is 0 Å². The minimum absolute atomic E-state index is 0.227. The number of nitrogen functional groups attached to an aromatic ring is 2. The number of fused-ring (bicyclic) bond motifs is 4. The number of nitrogens with zero attached hydrogens (tertiary/aromatic N) is 6. The molecule has 0 amide bonds. The summed E-state index contributed by atoms with van der Waals surface area (Å²) in [6, 6.07) is 0. The van der Waals surface area contributed by atoms with Crippen LogP contribution in [0.4, 0.5) is 20.7 Å². The van der Waals surface area contributed by atoms with E-state index in [0.29, 0.717) is 0 Å². The number of nitrogens with one attached hydrogen (secondary N) is 2. The lowest BCUT2D eigenvalue weighted by atomic mass is 10.1. The van der Waals surface area contributed by atoms with Gasteiger partial charge >= 0.3 is 7.82 Å². The summed E-state index contributed by atoms with van der Waals surface area (Å²) >= 11 is 0. The van der Waals surface area contributed by atoms with E-state index in [9.17, 15) is 28.5 Å². The quantitative estimate of drug-likeness (QED) is 0.146. The van der Waals surface area contributed by atoms with Crippen molar-refractivity contribution in [1.82, 2.24) is 39.0 Å². The number of alkyl halides is 2. The first-order valence-electron chi connectivity index (χ1n) is 13.0. The third-order valence-electron chi connectivity index (χ3n) is 7.29. The Morgan fingerprint density at radius 1 is 0.848 bits per heavy atom. The van der Waals surface area contributed by atoms with E-state index in [-0.39, 0.29) is 34.2 Å². The lowest BCUT2D eigenvalue weighted by Gasteiger charge is -2.31. The Morgan fingerprint density at radius 2 is 1.30 bits per heavy atom. The lowest BCUT2D eigenvalue weighted by Crippen LogP contribution is -2.38. The summed E-state index contributed by atoms with van der Waals surface area (Å²) in [7, 11) is -10.7. The molecule has 0 aromatic carbocycles. The van der Waals surface area contributed by atoms with Gasteiger partial charge in [0.25, 0.3) is 18.9 Å². The van der Waals surface area contributed by atoms with Gasteiger partial charge in [0.05, 0.1) is 25.9 Å². The first-order chi connectivity index (χ1) is 21.7. The maximum absolute atomic E-state index is 15.9. The molecule has 248 valence electrons. The SMILES string of the molecule is Nc1nc2c(ncn2[C@@H]2O[C@@H]3COP(=O)([O-])OC4[C@@H](COP(=O)(O)O[C@@H]3C2F)O[C@@H](n2cnc3c(=O)[nH]c(N)nc32)[C@H]4F)c(=O)[nH]1. The van der Waals surface area contributed by atoms with Crippen LogP contribution in [-0.4, -0.2) is 93.9 Å². The van der Waals surface area contributed by atoms with Crippen LogP contribution in [-0.2, 0) is 36.7 Å². The monoisotopic (exact) mass is 693 g/mol. The van der Waals surface area contributed by atoms with Gasteiger partial charge in [-0.15, -0.1) is 0 Å². The topological polar surface area (TPSA) is 312 Å². The molecule has 3 aliphatic heterocycles. The third-order valence-corrected chi connectivity index (χ3v) is 9.24. The molecule has 0 spiro atoms. The van der Waals surface area contributed by atoms with Gasteiger partial charge in [-0.25, -0.2) is 23.3 Å². The van der Waals surface area contributed by atoms with Gasteiger partial charge in [0, 0.05) is 0 Å². The van der Waals surface area contributed by atoms with Crippen LogP contribution in [0.15, 0.2) is 22.2 Å². The Morgan fingerprint density at radius 3 is 1.80 bits per heavy atom. The summed E-state index contributed by atoms with van der Waals surface area (Å²) in [4.78, 5) is 67.6. The van der Waals surface area contributed by atoms with Gasteiger partial charge in [-0.1, -0.05) is 0 Å². The fourth-order valence-electron chi connectivity index (χ4n) is 5.31. The number of anilines is 2. The van der Waals surface area contributed by atoms with E-state index in [4.69, 9.17) is 39.0 Å². The normalized spacial score (nSPS) is 37.1. The molecule has 7 rings (SSSR count). The number of imidazole rings is 2. The van der Waals surface area contributed by atoms with Crippen molar-refractivity contribution >= 4 is 49.9 Å². The van der Waals surface area contributed by atoms with E-state index in [2.05, 4.69) is 29.9 Å². The highest BCUT2D eigenvalue weighted by molar-refractivity contribution is 7.47. The third kappa shape index (κ3) is 5.31. The molecule has 3 aliphatic rings. The fourth-order valence-corrected chi connectivity index (χ4v) is 7.21. The molecular weight excluding hydrogens is 672 g/mol. The van der Waals surface area contributed by atoms with Crippen molar-refractivity contribution in [3.05, 3.63) is 33.4 Å². The van der Waals surface area contributed by atoms with Crippen molar-refractivity contribution in [2.75, 3.05) is 24.7 Å². The molecular formula is C20H21F2N10O12P2-. The Kier molecular flexibility index (Phi) is 7.36. The van der Waals surface area contributed by atoms with E-state index in [1.165, 1.54) is 0 Å². The summed E-state index contributed by atoms with van der Waals surface area (Å²) in [6.07, 6.45) is -13.7. The molecule has 46 heavy (non-hydrogen) atoms. The van der Waals surface area contributed by atoms with Gasteiger partial charge in [0.1, 0.15) is 24.4 Å². The van der Waals surface area contributed by atoms with Gasteiger partial charge < -0.3 is 39.8 Å². The van der Waals surface area contributed by atoms with Crippen LogP contribution in [0.3, 0.4) is 0 Å². The predicted octanol–water partition coefficient (Wildman–Crippen LogP) is -1.73. The van der Waals surface area contributed by atoms with E-state index < -0.39 is 89.2 Å². The summed E-state index contributed by atoms with van der Waals surface area (Å²) in [5.74, 6) is -0.682. The second-order valence-corrected chi connectivity index (χ2v) is 13.0. The molecule has 4 unspecified atom stereocenters. The number of phosphoric ester groups is 2. The number of hydrogen-bond donors (Lipinski definition) is 5. The molecule has 7 N–H and O–H groups in total. The van der Waals surface area contributed by atoms with E-state index >= 15 is 8.78 Å². The zero-order valence-electron chi connectivity index (χ0n) is 22.6. The average molecular weight is 693 g/mol. The van der Waals surface area contributed by atoms with Crippen molar-refractivity contribution in [2.45, 2.75) is 49.2 Å². The van der Waals surface area contributed by atoms with Crippen LogP contribution in [0.2, 0.25) is 0 Å². The second kappa shape index (κ2) is 10.9. The Hall–Kier alpha value is -3.70. The summed E-state index contributed by atoms with van der Waals surface area (Å²) < 4.78 is 90.5. The molecule has 0 saturated carbocycles. The van der Waals surface area contributed by atoms with Gasteiger partial charge in [-0.05, 0) is 0 Å². The number of phosphoric acid groups is 2. The zero-order valence-corrected chi connectivity index (χ0v) is 24.4. The van der Waals surface area contributed by atoms with Crippen molar-refractivity contribution in [2.24, 2.45) is 0 Å². The maximum atomic E-state index is 15.9. The highest BCUT2D eigenvalue weighted by Crippen LogP contribution is 2.53. The minimum atomic E-state index is -5.47. The van der Waals surface area contributed by atoms with Gasteiger partial charge in [0.15, 0.2) is 47.1 Å².